The van der Waals surface area contributed by atoms with Crippen molar-refractivity contribution in [3.05, 3.63) is 29.6 Å². The number of nitriles is 1. The van der Waals surface area contributed by atoms with Gasteiger partial charge in [0.1, 0.15) is 11.9 Å². The lowest BCUT2D eigenvalue weighted by Gasteiger charge is -2.09. The quantitative estimate of drug-likeness (QED) is 0.839. The standard InChI is InChI=1S/C13H16FN3O/c1-9(2)17-13(18)5-6-16-11-3-4-12(14)10(7-11)8-15/h3-4,7,9,16H,5-6H2,1-2H3,(H,17,18). The van der Waals surface area contributed by atoms with Crippen molar-refractivity contribution in [2.24, 2.45) is 0 Å². The summed E-state index contributed by atoms with van der Waals surface area (Å²) in [6.07, 6.45) is 0.331. The van der Waals surface area contributed by atoms with Gasteiger partial charge in [0.2, 0.25) is 5.91 Å². The molecule has 4 nitrogen and oxygen atoms in total. The topological polar surface area (TPSA) is 64.9 Å². The number of anilines is 1. The van der Waals surface area contributed by atoms with Crippen LogP contribution in [0, 0.1) is 17.1 Å². The molecule has 2 N–H and O–H groups in total. The molecule has 0 heterocycles. The van der Waals surface area contributed by atoms with Crippen LogP contribution in [0.1, 0.15) is 25.8 Å². The van der Waals surface area contributed by atoms with Gasteiger partial charge in [-0.1, -0.05) is 0 Å². The second-order valence-electron chi connectivity index (χ2n) is 4.21. The maximum atomic E-state index is 13.0. The van der Waals surface area contributed by atoms with E-state index in [1.54, 1.807) is 6.07 Å². The van der Waals surface area contributed by atoms with Gasteiger partial charge in [0, 0.05) is 24.7 Å². The zero-order chi connectivity index (χ0) is 13.5. The number of carbonyl (C=O) groups excluding carboxylic acids is 1. The first-order chi connectivity index (χ1) is 8.52. The van der Waals surface area contributed by atoms with Gasteiger partial charge in [-0.3, -0.25) is 4.79 Å². The molecule has 0 radical (unpaired) electrons. The van der Waals surface area contributed by atoms with Gasteiger partial charge >= 0.3 is 0 Å². The molecule has 18 heavy (non-hydrogen) atoms. The summed E-state index contributed by atoms with van der Waals surface area (Å²) in [6, 6.07) is 6.08. The third kappa shape index (κ3) is 4.42. The second kappa shape index (κ2) is 6.60. The minimum Gasteiger partial charge on any atom is -0.384 e. The Morgan fingerprint density at radius 1 is 1.50 bits per heavy atom. The summed E-state index contributed by atoms with van der Waals surface area (Å²) < 4.78 is 13.0. The van der Waals surface area contributed by atoms with Crippen LogP contribution in [0.4, 0.5) is 10.1 Å². The van der Waals surface area contributed by atoms with E-state index < -0.39 is 5.82 Å². The molecule has 0 saturated carbocycles. The Bertz CT molecular complexity index is 466. The van der Waals surface area contributed by atoms with E-state index >= 15 is 0 Å². The highest BCUT2D eigenvalue weighted by Crippen LogP contribution is 2.13. The predicted octanol–water partition coefficient (Wildman–Crippen LogP) is 2.02. The lowest BCUT2D eigenvalue weighted by Crippen LogP contribution is -2.31. The maximum Gasteiger partial charge on any atom is 0.221 e. The maximum absolute atomic E-state index is 13.0. The van der Waals surface area contributed by atoms with Crippen LogP contribution in [0.3, 0.4) is 0 Å². The van der Waals surface area contributed by atoms with E-state index in [4.69, 9.17) is 5.26 Å². The molecule has 0 aliphatic heterocycles. The first kappa shape index (κ1) is 14.0. The van der Waals surface area contributed by atoms with Crippen LogP contribution in [0.2, 0.25) is 0 Å². The van der Waals surface area contributed by atoms with Gasteiger partial charge in [0.05, 0.1) is 5.56 Å². The van der Waals surface area contributed by atoms with Gasteiger partial charge in [-0.15, -0.1) is 0 Å². The zero-order valence-electron chi connectivity index (χ0n) is 10.5. The van der Waals surface area contributed by atoms with Gasteiger partial charge in [-0.2, -0.15) is 5.26 Å². The third-order valence-electron chi connectivity index (χ3n) is 2.22. The SMILES string of the molecule is CC(C)NC(=O)CCNc1ccc(F)c(C#N)c1. The molecule has 0 unspecified atom stereocenters. The summed E-state index contributed by atoms with van der Waals surface area (Å²) in [7, 11) is 0. The van der Waals surface area contributed by atoms with Crippen LogP contribution in [0.15, 0.2) is 18.2 Å². The molecular formula is C13H16FN3O. The van der Waals surface area contributed by atoms with Crippen molar-refractivity contribution in [3.63, 3.8) is 0 Å². The first-order valence-electron chi connectivity index (χ1n) is 5.76. The van der Waals surface area contributed by atoms with Crippen molar-refractivity contribution in [1.82, 2.24) is 5.32 Å². The molecular weight excluding hydrogens is 233 g/mol. The molecule has 0 bridgehead atoms. The zero-order valence-corrected chi connectivity index (χ0v) is 10.5. The van der Waals surface area contributed by atoms with Crippen molar-refractivity contribution in [2.75, 3.05) is 11.9 Å². The second-order valence-corrected chi connectivity index (χ2v) is 4.21. The molecule has 0 aromatic heterocycles. The Hall–Kier alpha value is -2.09. The van der Waals surface area contributed by atoms with Gasteiger partial charge in [-0.25, -0.2) is 4.39 Å². The van der Waals surface area contributed by atoms with Gasteiger partial charge in [0.25, 0.3) is 0 Å². The highest BCUT2D eigenvalue weighted by Gasteiger charge is 2.04. The van der Waals surface area contributed by atoms with E-state index in [0.29, 0.717) is 18.7 Å². The largest absolute Gasteiger partial charge is 0.384 e. The summed E-state index contributed by atoms with van der Waals surface area (Å²) >= 11 is 0. The summed E-state index contributed by atoms with van der Waals surface area (Å²) in [4.78, 5) is 11.4. The number of rotatable bonds is 5. The lowest BCUT2D eigenvalue weighted by atomic mass is 10.2. The van der Waals surface area contributed by atoms with Crippen LogP contribution in [0.5, 0.6) is 0 Å². The van der Waals surface area contributed by atoms with Crippen molar-refractivity contribution in [1.29, 1.82) is 5.26 Å². The molecule has 96 valence electrons. The smallest absolute Gasteiger partial charge is 0.221 e. The summed E-state index contributed by atoms with van der Waals surface area (Å²) in [5, 5.41) is 14.4. The number of halogens is 1. The fraction of sp³-hybridized carbons (Fsp3) is 0.385. The average Bonchev–Trinajstić information content (AvgIpc) is 2.30. The van der Waals surface area contributed by atoms with Gasteiger partial charge in [0.15, 0.2) is 0 Å². The van der Waals surface area contributed by atoms with Crippen LogP contribution < -0.4 is 10.6 Å². The number of amides is 1. The Balaban J connectivity index is 2.45. The minimum absolute atomic E-state index is 0.00775. The lowest BCUT2D eigenvalue weighted by molar-refractivity contribution is -0.121. The van der Waals surface area contributed by atoms with E-state index in [-0.39, 0.29) is 17.5 Å². The fourth-order valence-electron chi connectivity index (χ4n) is 1.44. The number of hydrogen-bond donors (Lipinski definition) is 2. The molecule has 0 aliphatic rings. The molecule has 1 aromatic rings. The minimum atomic E-state index is -0.541. The summed E-state index contributed by atoms with van der Waals surface area (Å²) in [5.74, 6) is -0.583. The van der Waals surface area contributed by atoms with Gasteiger partial charge < -0.3 is 10.6 Å². The number of benzene rings is 1. The predicted molar refractivity (Wildman–Crippen MR) is 67.5 cm³/mol. The molecule has 0 atom stereocenters. The number of carbonyl (C=O) groups is 1. The van der Waals surface area contributed by atoms with E-state index in [1.165, 1.54) is 18.2 Å². The van der Waals surface area contributed by atoms with Crippen LogP contribution >= 0.6 is 0 Å². The van der Waals surface area contributed by atoms with E-state index in [2.05, 4.69) is 10.6 Å². The Labute approximate surface area is 106 Å². The molecule has 1 amide bonds. The van der Waals surface area contributed by atoms with Crippen molar-refractivity contribution in [3.8, 4) is 6.07 Å². The summed E-state index contributed by atoms with van der Waals surface area (Å²) in [6.45, 7) is 4.23. The van der Waals surface area contributed by atoms with E-state index in [9.17, 15) is 9.18 Å². The Kier molecular flexibility index (Phi) is 5.12. The molecule has 5 heteroatoms. The highest BCUT2D eigenvalue weighted by molar-refractivity contribution is 5.76. The molecule has 0 saturated heterocycles. The number of nitrogens with zero attached hydrogens (tertiary/aromatic N) is 1. The molecule has 0 spiro atoms. The number of hydrogen-bond acceptors (Lipinski definition) is 3. The van der Waals surface area contributed by atoms with Crippen LogP contribution in [0.25, 0.3) is 0 Å². The molecule has 0 aliphatic carbocycles. The average molecular weight is 249 g/mol. The monoisotopic (exact) mass is 249 g/mol. The van der Waals surface area contributed by atoms with Crippen LogP contribution in [-0.2, 0) is 4.79 Å². The molecule has 1 rings (SSSR count). The van der Waals surface area contributed by atoms with Crippen molar-refractivity contribution < 1.29 is 9.18 Å². The number of nitrogens with one attached hydrogen (secondary N) is 2. The molecule has 0 fully saturated rings. The Morgan fingerprint density at radius 3 is 2.83 bits per heavy atom. The first-order valence-corrected chi connectivity index (χ1v) is 5.76. The Morgan fingerprint density at radius 2 is 2.22 bits per heavy atom. The van der Waals surface area contributed by atoms with Gasteiger partial charge in [-0.05, 0) is 32.0 Å². The molecule has 1 aromatic carbocycles. The summed E-state index contributed by atoms with van der Waals surface area (Å²) in [5.41, 5.74) is 0.622. The van der Waals surface area contributed by atoms with Crippen molar-refractivity contribution >= 4 is 11.6 Å². The van der Waals surface area contributed by atoms with Crippen LogP contribution in [-0.4, -0.2) is 18.5 Å². The van der Waals surface area contributed by atoms with Crippen molar-refractivity contribution in [2.45, 2.75) is 26.3 Å². The van der Waals surface area contributed by atoms with E-state index in [1.807, 2.05) is 13.8 Å². The highest BCUT2D eigenvalue weighted by atomic mass is 19.1. The normalized spacial score (nSPS) is 9.94. The third-order valence-corrected chi connectivity index (χ3v) is 2.22. The fourth-order valence-corrected chi connectivity index (χ4v) is 1.44. The van der Waals surface area contributed by atoms with E-state index in [0.717, 1.165) is 0 Å².